The molecule has 0 spiro atoms. The molecule has 0 amide bonds. The van der Waals surface area contributed by atoms with E-state index < -0.39 is 0 Å². The summed E-state index contributed by atoms with van der Waals surface area (Å²) in [4.78, 5) is 1.51. The minimum Gasteiger partial charge on any atom is -0.309 e. The first-order valence-electron chi connectivity index (χ1n) is 5.30. The number of hydrogen-bond acceptors (Lipinski definition) is 3. The van der Waals surface area contributed by atoms with Crippen molar-refractivity contribution in [3.05, 3.63) is 22.4 Å². The standard InChI is InChI=1S/C11H17NS2/c1-2-12-11(9-5-3-7-13-9)10-6-4-8-14-10/h3,5,7,10-12H,2,4,6,8H2,1H3. The van der Waals surface area contributed by atoms with Crippen LogP contribution < -0.4 is 5.32 Å². The van der Waals surface area contributed by atoms with Crippen LogP contribution in [0.2, 0.25) is 0 Å². The van der Waals surface area contributed by atoms with Gasteiger partial charge < -0.3 is 5.32 Å². The van der Waals surface area contributed by atoms with Crippen LogP contribution in [-0.4, -0.2) is 17.5 Å². The number of thiophene rings is 1. The summed E-state index contributed by atoms with van der Waals surface area (Å²) in [6.07, 6.45) is 2.77. The number of thioether (sulfide) groups is 1. The van der Waals surface area contributed by atoms with Gasteiger partial charge >= 0.3 is 0 Å². The van der Waals surface area contributed by atoms with Gasteiger partial charge in [-0.15, -0.1) is 11.3 Å². The monoisotopic (exact) mass is 227 g/mol. The molecule has 0 saturated carbocycles. The van der Waals surface area contributed by atoms with Gasteiger partial charge in [0, 0.05) is 10.1 Å². The maximum atomic E-state index is 3.62. The molecule has 1 aromatic heterocycles. The zero-order valence-corrected chi connectivity index (χ0v) is 10.2. The van der Waals surface area contributed by atoms with E-state index in [0.717, 1.165) is 11.8 Å². The maximum Gasteiger partial charge on any atom is 0.0535 e. The average Bonchev–Trinajstić information content (AvgIpc) is 2.87. The SMILES string of the molecule is CCNC(c1cccs1)C1CCCS1. The Morgan fingerprint density at radius 1 is 1.64 bits per heavy atom. The molecule has 2 rings (SSSR count). The van der Waals surface area contributed by atoms with Gasteiger partial charge in [-0.1, -0.05) is 13.0 Å². The van der Waals surface area contributed by atoms with E-state index in [4.69, 9.17) is 0 Å². The highest BCUT2D eigenvalue weighted by Crippen LogP contribution is 2.37. The zero-order valence-electron chi connectivity index (χ0n) is 8.53. The third kappa shape index (κ3) is 2.33. The lowest BCUT2D eigenvalue weighted by Crippen LogP contribution is -2.28. The molecular weight excluding hydrogens is 210 g/mol. The van der Waals surface area contributed by atoms with Gasteiger partial charge in [0.1, 0.15) is 0 Å². The molecule has 1 saturated heterocycles. The predicted octanol–water partition coefficient (Wildman–Crippen LogP) is 3.29. The summed E-state index contributed by atoms with van der Waals surface area (Å²) in [5.74, 6) is 1.35. The molecule has 3 heteroatoms. The van der Waals surface area contributed by atoms with Crippen LogP contribution in [0, 0.1) is 0 Å². The van der Waals surface area contributed by atoms with Crippen LogP contribution in [0.25, 0.3) is 0 Å². The number of hydrogen-bond donors (Lipinski definition) is 1. The molecular formula is C11H17NS2. The van der Waals surface area contributed by atoms with Crippen molar-refractivity contribution in [3.8, 4) is 0 Å². The van der Waals surface area contributed by atoms with Crippen LogP contribution in [0.4, 0.5) is 0 Å². The van der Waals surface area contributed by atoms with Gasteiger partial charge in [0.15, 0.2) is 0 Å². The lowest BCUT2D eigenvalue weighted by Gasteiger charge is -2.22. The second kappa shape index (κ2) is 5.19. The molecule has 1 N–H and O–H groups in total. The summed E-state index contributed by atoms with van der Waals surface area (Å²) in [6.45, 7) is 3.26. The van der Waals surface area contributed by atoms with E-state index in [1.54, 1.807) is 0 Å². The molecule has 0 aliphatic carbocycles. The molecule has 2 heterocycles. The molecule has 2 atom stereocenters. The third-order valence-electron chi connectivity index (χ3n) is 2.61. The van der Waals surface area contributed by atoms with E-state index in [9.17, 15) is 0 Å². The van der Waals surface area contributed by atoms with Crippen molar-refractivity contribution >= 4 is 23.1 Å². The second-order valence-electron chi connectivity index (χ2n) is 3.60. The predicted molar refractivity (Wildman–Crippen MR) is 66.2 cm³/mol. The molecule has 0 radical (unpaired) electrons. The minimum atomic E-state index is 0.590. The normalized spacial score (nSPS) is 23.9. The van der Waals surface area contributed by atoms with Crippen LogP contribution in [-0.2, 0) is 0 Å². The first kappa shape index (κ1) is 10.5. The van der Waals surface area contributed by atoms with Crippen molar-refractivity contribution in [1.29, 1.82) is 0 Å². The van der Waals surface area contributed by atoms with Crippen molar-refractivity contribution in [2.45, 2.75) is 31.1 Å². The Hall–Kier alpha value is 0.01000. The van der Waals surface area contributed by atoms with E-state index >= 15 is 0 Å². The van der Waals surface area contributed by atoms with Gasteiger partial charge in [0.2, 0.25) is 0 Å². The summed E-state index contributed by atoms with van der Waals surface area (Å²) >= 11 is 4.01. The lowest BCUT2D eigenvalue weighted by molar-refractivity contribution is 0.526. The van der Waals surface area contributed by atoms with Gasteiger partial charge in [-0.2, -0.15) is 11.8 Å². The summed E-state index contributed by atoms with van der Waals surface area (Å²) in [5.41, 5.74) is 0. The topological polar surface area (TPSA) is 12.0 Å². The van der Waals surface area contributed by atoms with Crippen molar-refractivity contribution < 1.29 is 0 Å². The van der Waals surface area contributed by atoms with Crippen LogP contribution in [0.3, 0.4) is 0 Å². The van der Waals surface area contributed by atoms with Gasteiger partial charge in [-0.25, -0.2) is 0 Å². The van der Waals surface area contributed by atoms with Crippen molar-refractivity contribution in [1.82, 2.24) is 5.32 Å². The first-order chi connectivity index (χ1) is 6.92. The summed E-state index contributed by atoms with van der Waals surface area (Å²) < 4.78 is 0. The van der Waals surface area contributed by atoms with Crippen LogP contribution in [0.15, 0.2) is 17.5 Å². The molecule has 0 bridgehead atoms. The molecule has 0 aromatic carbocycles. The Labute approximate surface area is 94.3 Å². The average molecular weight is 227 g/mol. The highest BCUT2D eigenvalue weighted by atomic mass is 32.2. The van der Waals surface area contributed by atoms with Crippen molar-refractivity contribution in [2.24, 2.45) is 0 Å². The van der Waals surface area contributed by atoms with E-state index in [2.05, 4.69) is 41.5 Å². The molecule has 1 nitrogen and oxygen atoms in total. The van der Waals surface area contributed by atoms with E-state index in [-0.39, 0.29) is 0 Å². The molecule has 14 heavy (non-hydrogen) atoms. The Balaban J connectivity index is 2.06. The lowest BCUT2D eigenvalue weighted by atomic mass is 10.1. The summed E-state index contributed by atoms with van der Waals surface area (Å²) in [6, 6.07) is 5.01. The zero-order chi connectivity index (χ0) is 9.80. The summed E-state index contributed by atoms with van der Waals surface area (Å²) in [5, 5.41) is 6.60. The third-order valence-corrected chi connectivity index (χ3v) is 5.03. The van der Waals surface area contributed by atoms with Gasteiger partial charge in [-0.05, 0) is 36.6 Å². The van der Waals surface area contributed by atoms with Crippen LogP contribution in [0.1, 0.15) is 30.7 Å². The smallest absolute Gasteiger partial charge is 0.0535 e. The first-order valence-corrected chi connectivity index (χ1v) is 7.23. The Bertz CT molecular complexity index is 252. The molecule has 1 aliphatic heterocycles. The fourth-order valence-electron chi connectivity index (χ4n) is 1.97. The number of rotatable bonds is 4. The molecule has 1 fully saturated rings. The molecule has 1 aliphatic rings. The van der Waals surface area contributed by atoms with Crippen LogP contribution >= 0.6 is 23.1 Å². The van der Waals surface area contributed by atoms with E-state index in [1.807, 2.05) is 11.3 Å². The van der Waals surface area contributed by atoms with Gasteiger partial charge in [0.25, 0.3) is 0 Å². The van der Waals surface area contributed by atoms with Crippen molar-refractivity contribution in [2.75, 3.05) is 12.3 Å². The highest BCUT2D eigenvalue weighted by Gasteiger charge is 2.26. The maximum absolute atomic E-state index is 3.62. The molecule has 1 aromatic rings. The minimum absolute atomic E-state index is 0.590. The van der Waals surface area contributed by atoms with E-state index in [0.29, 0.717) is 6.04 Å². The fraction of sp³-hybridized carbons (Fsp3) is 0.636. The Kier molecular flexibility index (Phi) is 3.90. The fourth-order valence-corrected chi connectivity index (χ4v) is 4.33. The van der Waals surface area contributed by atoms with E-state index in [1.165, 1.54) is 23.5 Å². The number of nitrogens with one attached hydrogen (secondary N) is 1. The largest absolute Gasteiger partial charge is 0.309 e. The molecule has 2 unspecified atom stereocenters. The quantitative estimate of drug-likeness (QED) is 0.847. The summed E-state index contributed by atoms with van der Waals surface area (Å²) in [7, 11) is 0. The highest BCUT2D eigenvalue weighted by molar-refractivity contribution is 8.00. The Morgan fingerprint density at radius 2 is 2.57 bits per heavy atom. The van der Waals surface area contributed by atoms with Gasteiger partial charge in [-0.3, -0.25) is 0 Å². The Morgan fingerprint density at radius 3 is 3.14 bits per heavy atom. The van der Waals surface area contributed by atoms with Gasteiger partial charge in [0.05, 0.1) is 6.04 Å². The van der Waals surface area contributed by atoms with Crippen LogP contribution in [0.5, 0.6) is 0 Å². The molecule has 78 valence electrons. The second-order valence-corrected chi connectivity index (χ2v) is 5.93. The van der Waals surface area contributed by atoms with Crippen molar-refractivity contribution in [3.63, 3.8) is 0 Å².